The Morgan fingerprint density at radius 3 is 2.56 bits per heavy atom. The Balaban J connectivity index is 1.61. The fourth-order valence-corrected chi connectivity index (χ4v) is 5.43. The number of carbonyl (C=O) groups excluding carboxylic acids is 1. The lowest BCUT2D eigenvalue weighted by Crippen LogP contribution is -2.28. The first kappa shape index (κ1) is 28.0. The third kappa shape index (κ3) is 6.50. The second-order valence-electron chi connectivity index (χ2n) is 8.23. The number of carboxylic acid groups (broad SMARTS) is 1. The number of carboxylic acids is 1. The third-order valence-electron chi connectivity index (χ3n) is 5.68. The molecule has 0 unspecified atom stereocenters. The number of aliphatic imine (C=N–C) groups is 1. The van der Waals surface area contributed by atoms with Crippen LogP contribution in [0.1, 0.15) is 40.9 Å². The summed E-state index contributed by atoms with van der Waals surface area (Å²) < 4.78 is 12.5. The van der Waals surface area contributed by atoms with E-state index in [-0.39, 0.29) is 18.1 Å². The van der Waals surface area contributed by atoms with Gasteiger partial charge in [-0.1, -0.05) is 18.2 Å². The first-order valence-electron chi connectivity index (χ1n) is 12.0. The smallest absolute Gasteiger partial charge is 0.335 e. The molecule has 0 spiro atoms. The molecule has 0 aromatic heterocycles. The van der Waals surface area contributed by atoms with Crippen LogP contribution in [0.2, 0.25) is 0 Å². The van der Waals surface area contributed by atoms with Crippen molar-refractivity contribution in [2.75, 3.05) is 13.2 Å². The summed E-state index contributed by atoms with van der Waals surface area (Å²) in [6.07, 6.45) is 1.77. The number of hydrogen-bond donors (Lipinski definition) is 1. The number of hydrogen-bond acceptors (Lipinski definition) is 7. The SMILES string of the molecule is CCOc1cc(/C=C2/SC(=Nc3ccc(C(=O)O)cc3)N(CC)C2=O)cc(Br)c1OCc1ccccc1C#N. The molecule has 1 aliphatic rings. The molecule has 8 nitrogen and oxygen atoms in total. The van der Waals surface area contributed by atoms with Crippen molar-refractivity contribution in [1.82, 2.24) is 4.90 Å². The van der Waals surface area contributed by atoms with Gasteiger partial charge in [0.25, 0.3) is 5.91 Å². The van der Waals surface area contributed by atoms with E-state index in [9.17, 15) is 14.9 Å². The number of halogens is 1. The van der Waals surface area contributed by atoms with Crippen LogP contribution < -0.4 is 9.47 Å². The summed E-state index contributed by atoms with van der Waals surface area (Å²) in [5.74, 6) is -0.185. The largest absolute Gasteiger partial charge is 0.490 e. The van der Waals surface area contributed by atoms with Crippen LogP contribution in [0.5, 0.6) is 11.5 Å². The van der Waals surface area contributed by atoms with Crippen LogP contribution in [-0.2, 0) is 11.4 Å². The van der Waals surface area contributed by atoms with Gasteiger partial charge in [0.1, 0.15) is 6.61 Å². The van der Waals surface area contributed by atoms with E-state index < -0.39 is 5.97 Å². The van der Waals surface area contributed by atoms with E-state index in [0.717, 1.165) is 11.1 Å². The number of benzene rings is 3. The Labute approximate surface area is 238 Å². The average Bonchev–Trinajstić information content (AvgIpc) is 3.21. The van der Waals surface area contributed by atoms with Gasteiger partial charge in [-0.15, -0.1) is 0 Å². The zero-order valence-electron chi connectivity index (χ0n) is 21.2. The second-order valence-corrected chi connectivity index (χ2v) is 10.1. The van der Waals surface area contributed by atoms with Gasteiger partial charge < -0.3 is 14.6 Å². The van der Waals surface area contributed by atoms with E-state index in [1.54, 1.807) is 41.3 Å². The van der Waals surface area contributed by atoms with E-state index in [2.05, 4.69) is 27.0 Å². The van der Waals surface area contributed by atoms with E-state index in [0.29, 0.717) is 50.4 Å². The predicted molar refractivity (Wildman–Crippen MR) is 154 cm³/mol. The number of nitrogens with zero attached hydrogens (tertiary/aromatic N) is 3. The quantitative estimate of drug-likeness (QED) is 0.273. The zero-order valence-corrected chi connectivity index (χ0v) is 23.6. The molecular weight excluding hydrogens is 582 g/mol. The molecule has 39 heavy (non-hydrogen) atoms. The molecule has 0 bridgehead atoms. The summed E-state index contributed by atoms with van der Waals surface area (Å²) in [5, 5.41) is 19.0. The predicted octanol–water partition coefficient (Wildman–Crippen LogP) is 6.62. The number of aromatic carboxylic acids is 1. The minimum Gasteiger partial charge on any atom is -0.490 e. The highest BCUT2D eigenvalue weighted by Gasteiger charge is 2.32. The Morgan fingerprint density at radius 2 is 1.90 bits per heavy atom. The van der Waals surface area contributed by atoms with Crippen LogP contribution in [0.15, 0.2) is 75.0 Å². The zero-order chi connectivity index (χ0) is 27.9. The molecule has 10 heteroatoms. The monoisotopic (exact) mass is 605 g/mol. The van der Waals surface area contributed by atoms with E-state index in [1.165, 1.54) is 23.9 Å². The van der Waals surface area contributed by atoms with Crippen molar-refractivity contribution in [3.8, 4) is 17.6 Å². The van der Waals surface area contributed by atoms with Crippen LogP contribution in [0, 0.1) is 11.3 Å². The first-order chi connectivity index (χ1) is 18.8. The number of likely N-dealkylation sites (N-methyl/N-ethyl adjacent to an activating group) is 1. The highest BCUT2D eigenvalue weighted by molar-refractivity contribution is 9.10. The number of thioether (sulfide) groups is 1. The molecule has 3 aromatic rings. The average molecular weight is 606 g/mol. The van der Waals surface area contributed by atoms with Gasteiger partial charge in [-0.2, -0.15) is 5.26 Å². The van der Waals surface area contributed by atoms with Crippen molar-refractivity contribution in [1.29, 1.82) is 5.26 Å². The minimum atomic E-state index is -1.01. The van der Waals surface area contributed by atoms with Crippen molar-refractivity contribution in [3.05, 3.63) is 92.3 Å². The van der Waals surface area contributed by atoms with Gasteiger partial charge in [-0.05, 0) is 95.6 Å². The van der Waals surface area contributed by atoms with Crippen LogP contribution >= 0.6 is 27.7 Å². The van der Waals surface area contributed by atoms with Gasteiger partial charge in [-0.3, -0.25) is 9.69 Å². The lowest BCUT2D eigenvalue weighted by molar-refractivity contribution is -0.122. The topological polar surface area (TPSA) is 112 Å². The van der Waals surface area contributed by atoms with Gasteiger partial charge >= 0.3 is 5.97 Å². The maximum absolute atomic E-state index is 13.2. The second kappa shape index (κ2) is 12.7. The molecule has 198 valence electrons. The van der Waals surface area contributed by atoms with Crippen molar-refractivity contribution >= 4 is 56.5 Å². The van der Waals surface area contributed by atoms with Crippen molar-refractivity contribution < 1.29 is 24.2 Å². The summed E-state index contributed by atoms with van der Waals surface area (Å²) in [5.41, 5.74) is 2.75. The Morgan fingerprint density at radius 1 is 1.15 bits per heavy atom. The van der Waals surface area contributed by atoms with Gasteiger partial charge in [0.15, 0.2) is 16.7 Å². The standard InChI is InChI=1S/C29H24BrN3O5S/c1-3-33-27(34)25(39-29(33)32-22-11-9-19(10-12-22)28(35)36)15-18-13-23(30)26(24(14-18)37-4-2)38-17-21-8-6-5-7-20(21)16-31/h5-15H,3-4,17H2,1-2H3,(H,35,36)/b25-15+,32-29?. The summed E-state index contributed by atoms with van der Waals surface area (Å²) in [4.78, 5) is 30.9. The molecule has 0 aliphatic carbocycles. The molecule has 0 saturated carbocycles. The van der Waals surface area contributed by atoms with Gasteiger partial charge in [0, 0.05) is 12.1 Å². The molecule has 0 atom stereocenters. The molecule has 1 fully saturated rings. The fraction of sp³-hybridized carbons (Fsp3) is 0.172. The molecule has 1 saturated heterocycles. The Kier molecular flexibility index (Phi) is 9.07. The van der Waals surface area contributed by atoms with E-state index in [1.807, 2.05) is 32.0 Å². The lowest BCUT2D eigenvalue weighted by Gasteiger charge is -2.15. The molecule has 1 amide bonds. The highest BCUT2D eigenvalue weighted by atomic mass is 79.9. The first-order valence-corrected chi connectivity index (χ1v) is 13.7. The maximum atomic E-state index is 13.2. The van der Waals surface area contributed by atoms with Crippen LogP contribution in [0.4, 0.5) is 5.69 Å². The molecule has 4 rings (SSSR count). The lowest BCUT2D eigenvalue weighted by atomic mass is 10.1. The number of rotatable bonds is 9. The van der Waals surface area contributed by atoms with Crippen LogP contribution in [0.3, 0.4) is 0 Å². The highest BCUT2D eigenvalue weighted by Crippen LogP contribution is 2.40. The summed E-state index contributed by atoms with van der Waals surface area (Å²) in [7, 11) is 0. The minimum absolute atomic E-state index is 0.166. The maximum Gasteiger partial charge on any atom is 0.335 e. The van der Waals surface area contributed by atoms with Gasteiger partial charge in [0.2, 0.25) is 0 Å². The van der Waals surface area contributed by atoms with Gasteiger partial charge in [-0.25, -0.2) is 9.79 Å². The number of carbonyl (C=O) groups is 2. The third-order valence-corrected chi connectivity index (χ3v) is 7.28. The van der Waals surface area contributed by atoms with Gasteiger partial charge in [0.05, 0.1) is 38.9 Å². The molecule has 0 radical (unpaired) electrons. The normalized spacial score (nSPS) is 15.0. The van der Waals surface area contributed by atoms with Crippen LogP contribution in [-0.4, -0.2) is 40.2 Å². The number of amides is 1. The molecular formula is C29H24BrN3O5S. The molecule has 3 aromatic carbocycles. The summed E-state index contributed by atoms with van der Waals surface area (Å²) in [6.45, 7) is 4.77. The number of nitriles is 1. The van der Waals surface area contributed by atoms with Crippen molar-refractivity contribution in [2.45, 2.75) is 20.5 Å². The Hall–Kier alpha value is -4.07. The molecule has 1 heterocycles. The number of ether oxygens (including phenoxy) is 2. The fourth-order valence-electron chi connectivity index (χ4n) is 3.79. The molecule has 1 aliphatic heterocycles. The van der Waals surface area contributed by atoms with Crippen LogP contribution in [0.25, 0.3) is 6.08 Å². The molecule has 1 N–H and O–H groups in total. The number of amidine groups is 1. The van der Waals surface area contributed by atoms with E-state index in [4.69, 9.17) is 14.6 Å². The Bertz CT molecular complexity index is 1510. The van der Waals surface area contributed by atoms with Crippen molar-refractivity contribution in [2.24, 2.45) is 4.99 Å². The summed E-state index contributed by atoms with van der Waals surface area (Å²) >= 11 is 4.82. The van der Waals surface area contributed by atoms with E-state index >= 15 is 0 Å². The van der Waals surface area contributed by atoms with Crippen molar-refractivity contribution in [3.63, 3.8) is 0 Å². The summed E-state index contributed by atoms with van der Waals surface area (Å²) in [6, 6.07) is 19.2.